The molecule has 3 aromatic rings. The first-order valence-corrected chi connectivity index (χ1v) is 11.8. The van der Waals surface area contributed by atoms with Crippen LogP contribution in [0.2, 0.25) is 0 Å². The van der Waals surface area contributed by atoms with E-state index in [1.54, 1.807) is 13.2 Å². The maximum absolute atomic E-state index is 10.8. The van der Waals surface area contributed by atoms with Crippen molar-refractivity contribution in [3.8, 4) is 5.75 Å². The molecule has 34 heavy (non-hydrogen) atoms. The summed E-state index contributed by atoms with van der Waals surface area (Å²) in [7, 11) is 1.60. The second-order valence-corrected chi connectivity index (χ2v) is 9.65. The van der Waals surface area contributed by atoms with Gasteiger partial charge in [-0.1, -0.05) is 40.2 Å². The second kappa shape index (κ2) is 9.24. The summed E-state index contributed by atoms with van der Waals surface area (Å²) in [5.74, 6) is -0.663. The minimum atomic E-state index is -0.694. The number of hydrogen-bond donors (Lipinski definition) is 2. The minimum absolute atomic E-state index is 0.0311. The number of nitrogens with one attached hydrogen (secondary N) is 1. The highest BCUT2D eigenvalue weighted by atomic mass is 79.9. The molecule has 2 fully saturated rings. The first kappa shape index (κ1) is 23.2. The van der Waals surface area contributed by atoms with Gasteiger partial charge in [0.05, 0.1) is 5.69 Å². The van der Waals surface area contributed by atoms with Gasteiger partial charge < -0.3 is 29.4 Å². The summed E-state index contributed by atoms with van der Waals surface area (Å²) < 4.78 is 24.5. The third kappa shape index (κ3) is 4.54. The number of phenolic OH excluding ortho intramolecular Hbond substituents is 1. The average Bonchev–Trinajstić information content (AvgIpc) is 3.30. The summed E-state index contributed by atoms with van der Waals surface area (Å²) in [5, 5.41) is 24.5. The fourth-order valence-electron chi connectivity index (χ4n) is 4.42. The van der Waals surface area contributed by atoms with Gasteiger partial charge in [0.2, 0.25) is 0 Å². The van der Waals surface area contributed by atoms with Crippen molar-refractivity contribution in [2.45, 2.75) is 44.2 Å². The third-order valence-corrected chi connectivity index (χ3v) is 6.45. The minimum Gasteiger partial charge on any atom is -0.506 e. The Morgan fingerprint density at radius 2 is 1.74 bits per heavy atom. The summed E-state index contributed by atoms with van der Waals surface area (Å²) in [5.41, 5.74) is 1.86. The van der Waals surface area contributed by atoms with Gasteiger partial charge in [0.25, 0.3) is 0 Å². The zero-order valence-corrected chi connectivity index (χ0v) is 20.7. The van der Waals surface area contributed by atoms with Crippen LogP contribution >= 0.6 is 15.9 Å². The lowest BCUT2D eigenvalue weighted by Gasteiger charge is -2.24. The largest absolute Gasteiger partial charge is 0.506 e. The molecule has 2 heterocycles. The molecule has 0 spiro atoms. The van der Waals surface area contributed by atoms with Crippen LogP contribution in [-0.2, 0) is 18.9 Å². The predicted octanol–water partition coefficient (Wildman–Crippen LogP) is 6.03. The fraction of sp³-hybridized carbons (Fsp3) is 0.360. The van der Waals surface area contributed by atoms with Crippen LogP contribution in [0, 0.1) is 0 Å². The molecule has 5 rings (SSSR count). The first-order valence-electron chi connectivity index (χ1n) is 11.0. The predicted molar refractivity (Wildman–Crippen MR) is 132 cm³/mol. The highest BCUT2D eigenvalue weighted by molar-refractivity contribution is 9.10. The molecular weight excluding hydrogens is 502 g/mol. The zero-order chi connectivity index (χ0) is 23.9. The van der Waals surface area contributed by atoms with Crippen molar-refractivity contribution in [1.82, 2.24) is 0 Å². The highest BCUT2D eigenvalue weighted by Crippen LogP contribution is 2.42. The van der Waals surface area contributed by atoms with Crippen LogP contribution in [0.4, 0.5) is 17.1 Å². The SMILES string of the molecule is CO[C@@H]1O[C@H](CNc2cc(O)c(N=Nc3ccc(Br)cc3)c3ccccc23)[C@H]2OC(C)(C)O[C@@H]12. The number of anilines is 1. The van der Waals surface area contributed by atoms with E-state index in [1.807, 2.05) is 62.4 Å². The molecule has 178 valence electrons. The van der Waals surface area contributed by atoms with Gasteiger partial charge in [-0.3, -0.25) is 0 Å². The van der Waals surface area contributed by atoms with E-state index < -0.39 is 12.1 Å². The second-order valence-electron chi connectivity index (χ2n) is 8.74. The smallest absolute Gasteiger partial charge is 0.186 e. The Balaban J connectivity index is 1.40. The molecule has 3 aromatic carbocycles. The monoisotopic (exact) mass is 527 g/mol. The molecule has 9 heteroatoms. The number of fused-ring (bicyclic) bond motifs is 2. The number of azo groups is 1. The lowest BCUT2D eigenvalue weighted by molar-refractivity contribution is -0.225. The Morgan fingerprint density at radius 3 is 2.47 bits per heavy atom. The number of benzene rings is 3. The maximum atomic E-state index is 10.8. The first-order chi connectivity index (χ1) is 16.3. The topological polar surface area (TPSA) is 93.9 Å². The summed E-state index contributed by atoms with van der Waals surface area (Å²) in [6, 6.07) is 16.9. The molecule has 0 aromatic heterocycles. The molecule has 2 aliphatic heterocycles. The van der Waals surface area contributed by atoms with Gasteiger partial charge in [0, 0.05) is 40.7 Å². The van der Waals surface area contributed by atoms with Crippen molar-refractivity contribution < 1.29 is 24.1 Å². The summed E-state index contributed by atoms with van der Waals surface area (Å²) >= 11 is 3.41. The molecule has 8 nitrogen and oxygen atoms in total. The zero-order valence-electron chi connectivity index (χ0n) is 19.1. The van der Waals surface area contributed by atoms with Gasteiger partial charge in [-0.15, -0.1) is 5.11 Å². The van der Waals surface area contributed by atoms with Crippen molar-refractivity contribution in [3.05, 3.63) is 59.1 Å². The Kier molecular flexibility index (Phi) is 6.30. The summed E-state index contributed by atoms with van der Waals surface area (Å²) in [4.78, 5) is 0. The molecule has 0 saturated carbocycles. The molecule has 4 atom stereocenters. The molecule has 2 N–H and O–H groups in total. The number of aromatic hydroxyl groups is 1. The Hall–Kier alpha value is -2.56. The summed E-state index contributed by atoms with van der Waals surface area (Å²) in [6.07, 6.45) is -1.33. The quantitative estimate of drug-likeness (QED) is 0.380. The normalized spacial score (nSPS) is 25.8. The van der Waals surface area contributed by atoms with Crippen LogP contribution < -0.4 is 5.32 Å². The molecule has 0 amide bonds. The molecule has 0 aliphatic carbocycles. The standard InChI is InChI=1S/C25H26BrN3O5/c1-25(2)33-22-20(32-24(31-3)23(22)34-25)13-27-18-12-19(30)21(17-7-5-4-6-16(17)18)29-28-15-10-8-14(26)9-11-15/h4-12,20,22-24,27,30H,13H2,1-3H3/t20-,22-,23-,24-/m1/s1. The number of halogens is 1. The number of ether oxygens (including phenoxy) is 4. The van der Waals surface area contributed by atoms with E-state index in [2.05, 4.69) is 31.5 Å². The number of phenols is 1. The van der Waals surface area contributed by atoms with Gasteiger partial charge in [0.15, 0.2) is 12.1 Å². The van der Waals surface area contributed by atoms with E-state index in [4.69, 9.17) is 18.9 Å². The molecule has 0 radical (unpaired) electrons. The molecule has 2 aliphatic rings. The van der Waals surface area contributed by atoms with E-state index in [0.29, 0.717) is 17.9 Å². The van der Waals surface area contributed by atoms with Crippen LogP contribution in [-0.4, -0.2) is 49.2 Å². The number of hydrogen-bond acceptors (Lipinski definition) is 8. The van der Waals surface area contributed by atoms with Crippen molar-refractivity contribution in [2.24, 2.45) is 10.2 Å². The van der Waals surface area contributed by atoms with Crippen molar-refractivity contribution in [2.75, 3.05) is 19.0 Å². The van der Waals surface area contributed by atoms with E-state index in [9.17, 15) is 5.11 Å². The number of rotatable bonds is 6. The third-order valence-electron chi connectivity index (χ3n) is 5.92. The lowest BCUT2D eigenvalue weighted by Crippen LogP contribution is -2.34. The van der Waals surface area contributed by atoms with Crippen LogP contribution in [0.15, 0.2) is 69.3 Å². The van der Waals surface area contributed by atoms with Gasteiger partial charge in [-0.25, -0.2) is 0 Å². The van der Waals surface area contributed by atoms with Crippen LogP contribution in [0.3, 0.4) is 0 Å². The van der Waals surface area contributed by atoms with Gasteiger partial charge in [-0.2, -0.15) is 5.11 Å². The molecule has 0 bridgehead atoms. The van der Waals surface area contributed by atoms with E-state index in [-0.39, 0.29) is 24.1 Å². The number of nitrogens with zero attached hydrogens (tertiary/aromatic N) is 2. The highest BCUT2D eigenvalue weighted by Gasteiger charge is 2.55. The van der Waals surface area contributed by atoms with Crippen molar-refractivity contribution in [3.63, 3.8) is 0 Å². The van der Waals surface area contributed by atoms with Crippen LogP contribution in [0.1, 0.15) is 13.8 Å². The lowest BCUT2D eigenvalue weighted by atomic mass is 10.1. The van der Waals surface area contributed by atoms with Gasteiger partial charge >= 0.3 is 0 Å². The Morgan fingerprint density at radius 1 is 1.03 bits per heavy atom. The van der Waals surface area contributed by atoms with Crippen molar-refractivity contribution >= 4 is 43.8 Å². The summed E-state index contributed by atoms with van der Waals surface area (Å²) in [6.45, 7) is 4.22. The van der Waals surface area contributed by atoms with Crippen LogP contribution in [0.25, 0.3) is 10.8 Å². The van der Waals surface area contributed by atoms with Gasteiger partial charge in [0.1, 0.15) is 29.7 Å². The Bertz CT molecular complexity index is 1220. The Labute approximate surface area is 206 Å². The van der Waals surface area contributed by atoms with Crippen molar-refractivity contribution in [1.29, 1.82) is 0 Å². The number of methoxy groups -OCH3 is 1. The van der Waals surface area contributed by atoms with E-state index in [1.165, 1.54) is 0 Å². The fourth-order valence-corrected chi connectivity index (χ4v) is 4.68. The van der Waals surface area contributed by atoms with E-state index in [0.717, 1.165) is 20.9 Å². The molecule has 2 saturated heterocycles. The molecule has 0 unspecified atom stereocenters. The average molecular weight is 528 g/mol. The maximum Gasteiger partial charge on any atom is 0.186 e. The van der Waals surface area contributed by atoms with Gasteiger partial charge in [-0.05, 0) is 38.1 Å². The molecular formula is C25H26BrN3O5. The van der Waals surface area contributed by atoms with Crippen LogP contribution in [0.5, 0.6) is 5.75 Å². The van der Waals surface area contributed by atoms with E-state index >= 15 is 0 Å².